The van der Waals surface area contributed by atoms with Gasteiger partial charge >= 0.3 is 0 Å². The number of hydrogen-bond acceptors (Lipinski definition) is 6. The largest absolute Gasteiger partial charge is 0.497 e. The second-order valence-electron chi connectivity index (χ2n) is 9.60. The molecule has 2 aliphatic heterocycles. The lowest BCUT2D eigenvalue weighted by molar-refractivity contribution is -0.124. The number of ether oxygens (including phenoxy) is 2. The Morgan fingerprint density at radius 3 is 2.30 bits per heavy atom. The van der Waals surface area contributed by atoms with Gasteiger partial charge in [0.25, 0.3) is 5.91 Å². The van der Waals surface area contributed by atoms with Gasteiger partial charge in [-0.25, -0.2) is 0 Å². The SMILES string of the molecule is CCOc1ccc(N2C(=O)[C@@H](CC(=O)Nc3ccc(OC)cc3)N(CCN3CCC(C)CC3)C2=S)cc1. The fourth-order valence-electron chi connectivity index (χ4n) is 4.78. The number of nitrogens with zero attached hydrogens (tertiary/aromatic N) is 3. The highest BCUT2D eigenvalue weighted by Crippen LogP contribution is 2.29. The van der Waals surface area contributed by atoms with Crippen LogP contribution in [0.3, 0.4) is 0 Å². The van der Waals surface area contributed by atoms with Gasteiger partial charge in [-0.15, -0.1) is 0 Å². The van der Waals surface area contributed by atoms with E-state index in [1.807, 2.05) is 36.1 Å². The van der Waals surface area contributed by atoms with E-state index in [2.05, 4.69) is 17.1 Å². The van der Waals surface area contributed by atoms with Crippen molar-refractivity contribution in [2.45, 2.75) is 39.2 Å². The molecular formula is C28H36N4O4S. The lowest BCUT2D eigenvalue weighted by atomic mass is 9.99. The minimum Gasteiger partial charge on any atom is -0.497 e. The number of amides is 2. The van der Waals surface area contributed by atoms with E-state index in [0.717, 1.165) is 31.3 Å². The van der Waals surface area contributed by atoms with Crippen LogP contribution in [0.25, 0.3) is 0 Å². The van der Waals surface area contributed by atoms with Gasteiger partial charge in [0.05, 0.1) is 25.8 Å². The molecule has 0 unspecified atom stereocenters. The number of anilines is 2. The highest BCUT2D eigenvalue weighted by atomic mass is 32.1. The second kappa shape index (κ2) is 12.4. The van der Waals surface area contributed by atoms with Crippen LogP contribution in [0.5, 0.6) is 11.5 Å². The first kappa shape index (κ1) is 26.9. The highest BCUT2D eigenvalue weighted by Gasteiger charge is 2.44. The summed E-state index contributed by atoms with van der Waals surface area (Å²) in [6.07, 6.45) is 2.36. The van der Waals surface area contributed by atoms with Crippen LogP contribution in [-0.2, 0) is 9.59 Å². The zero-order valence-corrected chi connectivity index (χ0v) is 22.6. The molecule has 198 valence electrons. The fourth-order valence-corrected chi connectivity index (χ4v) is 5.19. The number of nitrogens with one attached hydrogen (secondary N) is 1. The van der Waals surface area contributed by atoms with Crippen molar-refractivity contribution in [3.63, 3.8) is 0 Å². The molecule has 0 saturated carbocycles. The van der Waals surface area contributed by atoms with Crippen LogP contribution in [-0.4, -0.2) is 72.7 Å². The molecular weight excluding hydrogens is 488 g/mol. The van der Waals surface area contributed by atoms with Gasteiger partial charge in [-0.3, -0.25) is 14.5 Å². The maximum absolute atomic E-state index is 13.7. The van der Waals surface area contributed by atoms with E-state index in [4.69, 9.17) is 21.7 Å². The minimum absolute atomic E-state index is 0.00949. The van der Waals surface area contributed by atoms with E-state index in [-0.39, 0.29) is 18.2 Å². The van der Waals surface area contributed by atoms with Crippen LogP contribution in [0.15, 0.2) is 48.5 Å². The quantitative estimate of drug-likeness (QED) is 0.468. The Kier molecular flexibility index (Phi) is 9.00. The van der Waals surface area contributed by atoms with E-state index < -0.39 is 6.04 Å². The molecule has 0 radical (unpaired) electrons. The fraction of sp³-hybridized carbons (Fsp3) is 0.464. The van der Waals surface area contributed by atoms with Crippen molar-refractivity contribution in [1.29, 1.82) is 0 Å². The molecule has 2 aromatic carbocycles. The Hall–Kier alpha value is -3.17. The number of benzene rings is 2. The number of carbonyl (C=O) groups excluding carboxylic acids is 2. The standard InChI is InChI=1S/C28H36N4O4S/c1-4-36-24-11-7-22(8-12-24)32-27(34)25(19-26(33)29-21-5-9-23(35-3)10-6-21)31(28(32)37)18-17-30-15-13-20(2)14-16-30/h5-12,20,25H,4,13-19H2,1-3H3,(H,29,33)/t25-/m1/s1. The summed E-state index contributed by atoms with van der Waals surface area (Å²) in [4.78, 5) is 32.6. The third kappa shape index (κ3) is 6.59. The van der Waals surface area contributed by atoms with Gasteiger partial charge in [0.2, 0.25) is 5.91 Å². The molecule has 2 aliphatic rings. The van der Waals surface area contributed by atoms with Crippen molar-refractivity contribution >= 4 is 40.5 Å². The molecule has 4 rings (SSSR count). The lowest BCUT2D eigenvalue weighted by Crippen LogP contribution is -2.44. The molecule has 37 heavy (non-hydrogen) atoms. The third-order valence-corrected chi connectivity index (χ3v) is 7.43. The van der Waals surface area contributed by atoms with Crippen molar-refractivity contribution in [2.24, 2.45) is 5.92 Å². The van der Waals surface area contributed by atoms with Crippen LogP contribution in [0.1, 0.15) is 33.1 Å². The van der Waals surface area contributed by atoms with E-state index in [1.165, 1.54) is 12.8 Å². The molecule has 0 spiro atoms. The van der Waals surface area contributed by atoms with Crippen molar-refractivity contribution in [3.8, 4) is 11.5 Å². The first-order valence-corrected chi connectivity index (χ1v) is 13.3. The Labute approximate surface area is 224 Å². The number of thiocarbonyl (C=S) groups is 1. The summed E-state index contributed by atoms with van der Waals surface area (Å²) in [6, 6.07) is 13.8. The zero-order valence-electron chi connectivity index (χ0n) is 21.8. The summed E-state index contributed by atoms with van der Waals surface area (Å²) < 4.78 is 10.7. The number of likely N-dealkylation sites (tertiary alicyclic amines) is 1. The molecule has 2 amide bonds. The molecule has 0 bridgehead atoms. The van der Waals surface area contributed by atoms with Crippen LogP contribution < -0.4 is 19.7 Å². The number of rotatable bonds is 10. The maximum Gasteiger partial charge on any atom is 0.256 e. The third-order valence-electron chi connectivity index (χ3n) is 7.01. The Balaban J connectivity index is 1.49. The molecule has 2 heterocycles. The van der Waals surface area contributed by atoms with E-state index in [0.29, 0.717) is 35.4 Å². The Morgan fingerprint density at radius 2 is 1.68 bits per heavy atom. The molecule has 2 saturated heterocycles. The number of methoxy groups -OCH3 is 1. The molecule has 0 aliphatic carbocycles. The van der Waals surface area contributed by atoms with Crippen molar-refractivity contribution in [3.05, 3.63) is 48.5 Å². The van der Waals surface area contributed by atoms with Crippen molar-refractivity contribution in [1.82, 2.24) is 9.80 Å². The molecule has 9 heteroatoms. The van der Waals surface area contributed by atoms with Gasteiger partial charge in [-0.1, -0.05) is 6.92 Å². The molecule has 0 aromatic heterocycles. The van der Waals surface area contributed by atoms with Gasteiger partial charge in [0.1, 0.15) is 17.5 Å². The van der Waals surface area contributed by atoms with Crippen LogP contribution in [0, 0.1) is 5.92 Å². The summed E-state index contributed by atoms with van der Waals surface area (Å²) in [5, 5.41) is 3.33. The minimum atomic E-state index is -0.666. The Morgan fingerprint density at radius 1 is 1.03 bits per heavy atom. The number of carbonyl (C=O) groups is 2. The summed E-state index contributed by atoms with van der Waals surface area (Å²) >= 11 is 5.81. The van der Waals surface area contributed by atoms with Crippen molar-refractivity contribution < 1.29 is 19.1 Å². The molecule has 2 aromatic rings. The smallest absolute Gasteiger partial charge is 0.256 e. The molecule has 1 N–H and O–H groups in total. The summed E-state index contributed by atoms with van der Waals surface area (Å²) in [6.45, 7) is 8.25. The number of piperidine rings is 1. The summed E-state index contributed by atoms with van der Waals surface area (Å²) in [5.41, 5.74) is 1.32. The van der Waals surface area contributed by atoms with Gasteiger partial charge < -0.3 is 24.6 Å². The summed E-state index contributed by atoms with van der Waals surface area (Å²) in [7, 11) is 1.59. The first-order valence-electron chi connectivity index (χ1n) is 12.9. The average Bonchev–Trinajstić information content (AvgIpc) is 3.13. The van der Waals surface area contributed by atoms with E-state index >= 15 is 0 Å². The van der Waals surface area contributed by atoms with Crippen LogP contribution in [0.4, 0.5) is 11.4 Å². The number of hydrogen-bond donors (Lipinski definition) is 1. The molecule has 2 fully saturated rings. The summed E-state index contributed by atoms with van der Waals surface area (Å²) in [5.74, 6) is 1.76. The van der Waals surface area contributed by atoms with Gasteiger partial charge in [0.15, 0.2) is 5.11 Å². The monoisotopic (exact) mass is 524 g/mol. The highest BCUT2D eigenvalue weighted by molar-refractivity contribution is 7.80. The van der Waals surface area contributed by atoms with Gasteiger partial charge in [0, 0.05) is 18.8 Å². The van der Waals surface area contributed by atoms with Gasteiger partial charge in [-0.2, -0.15) is 0 Å². The average molecular weight is 525 g/mol. The van der Waals surface area contributed by atoms with Gasteiger partial charge in [-0.05, 0) is 99.5 Å². The second-order valence-corrected chi connectivity index (χ2v) is 9.96. The zero-order chi connectivity index (χ0) is 26.4. The van der Waals surface area contributed by atoms with Crippen LogP contribution >= 0.6 is 12.2 Å². The topological polar surface area (TPSA) is 74.3 Å². The van der Waals surface area contributed by atoms with E-state index in [9.17, 15) is 9.59 Å². The van der Waals surface area contributed by atoms with E-state index in [1.54, 1.807) is 36.3 Å². The predicted octanol–water partition coefficient (Wildman–Crippen LogP) is 4.16. The van der Waals surface area contributed by atoms with Crippen LogP contribution in [0.2, 0.25) is 0 Å². The molecule has 8 nitrogen and oxygen atoms in total. The lowest BCUT2D eigenvalue weighted by Gasteiger charge is -2.32. The van der Waals surface area contributed by atoms with Crippen molar-refractivity contribution in [2.75, 3.05) is 50.1 Å². The normalized spacial score (nSPS) is 18.8. The molecule has 1 atom stereocenters. The predicted molar refractivity (Wildman–Crippen MR) is 149 cm³/mol. The first-order chi connectivity index (χ1) is 17.9. The maximum atomic E-state index is 13.7. The Bertz CT molecular complexity index is 1080.